The predicted octanol–water partition coefficient (Wildman–Crippen LogP) is -14.0. The summed E-state index contributed by atoms with van der Waals surface area (Å²) in [6, 6.07) is 15.1. The van der Waals surface area contributed by atoms with Gasteiger partial charge in [-0.25, -0.2) is 18.5 Å². The molecular formula is C16H15ClN3Na4O9PS. The van der Waals surface area contributed by atoms with Gasteiger partial charge in [0.25, 0.3) is 0 Å². The van der Waals surface area contributed by atoms with Gasteiger partial charge in [0.2, 0.25) is 10.4 Å². The largest absolute Gasteiger partial charge is 1.00 e. The molecule has 0 saturated carbocycles. The van der Waals surface area contributed by atoms with Crippen LogP contribution in [0.25, 0.3) is 5.70 Å². The van der Waals surface area contributed by atoms with Gasteiger partial charge in [0.05, 0.1) is 11.1 Å². The van der Waals surface area contributed by atoms with Crippen molar-refractivity contribution < 1.29 is 160 Å². The van der Waals surface area contributed by atoms with Crippen LogP contribution in [-0.4, -0.2) is 47.2 Å². The van der Waals surface area contributed by atoms with E-state index in [1.54, 1.807) is 13.1 Å². The number of amidine groups is 1. The van der Waals surface area contributed by atoms with Gasteiger partial charge in [-0.1, -0.05) is 41.9 Å². The minimum atomic E-state index is -5.39. The molecule has 0 amide bonds. The van der Waals surface area contributed by atoms with Crippen LogP contribution < -0.4 is 143 Å². The molecule has 1 heterocycles. The number of hydrogen-bond donors (Lipinski definition) is 2. The third kappa shape index (κ3) is 20.4. The topological polar surface area (TPSA) is 212 Å². The minimum absolute atomic E-state index is 0. The second-order valence-electron chi connectivity index (χ2n) is 5.56. The second-order valence-corrected chi connectivity index (χ2v) is 7.75. The molecular weight excluding hydrogens is 569 g/mol. The average molecular weight is 584 g/mol. The summed E-state index contributed by atoms with van der Waals surface area (Å²) in [5.74, 6) is 0.562. The first-order chi connectivity index (χ1) is 14.2. The summed E-state index contributed by atoms with van der Waals surface area (Å²) < 4.78 is 41.4. The molecule has 1 aliphatic rings. The minimum Gasteiger partial charge on any atom is -0.822 e. The van der Waals surface area contributed by atoms with Crippen LogP contribution in [0, 0.1) is 0 Å². The monoisotopic (exact) mass is 583 g/mol. The summed E-state index contributed by atoms with van der Waals surface area (Å²) in [7, 11) is -8.64. The van der Waals surface area contributed by atoms with Crippen molar-refractivity contribution in [2.75, 3.05) is 13.6 Å². The van der Waals surface area contributed by atoms with Crippen LogP contribution in [0.1, 0.15) is 5.56 Å². The van der Waals surface area contributed by atoms with Gasteiger partial charge >= 0.3 is 118 Å². The van der Waals surface area contributed by atoms with E-state index in [0.29, 0.717) is 16.6 Å². The SMILES string of the molecule is CN=C1CN(O)C(c2ccccc2)=c2cc(Cl)ccc2=N1.O=P([O-])([O-])[O-].O=S(=O)([O-])O.[Na+].[Na+].[Na+].[Na+]. The Balaban J connectivity index is -0.000000296. The van der Waals surface area contributed by atoms with E-state index in [1.165, 1.54) is 5.06 Å². The molecule has 0 radical (unpaired) electrons. The summed E-state index contributed by atoms with van der Waals surface area (Å²) in [6.45, 7) is 0.229. The predicted molar refractivity (Wildman–Crippen MR) is 103 cm³/mol. The van der Waals surface area contributed by atoms with Gasteiger partial charge in [-0.2, -0.15) is 7.82 Å². The fourth-order valence-electron chi connectivity index (χ4n) is 2.34. The maximum Gasteiger partial charge on any atom is 1.00 e. The Kier molecular flexibility index (Phi) is 25.9. The van der Waals surface area contributed by atoms with Crippen LogP contribution in [0.4, 0.5) is 0 Å². The van der Waals surface area contributed by atoms with E-state index in [-0.39, 0.29) is 125 Å². The van der Waals surface area contributed by atoms with Crippen LogP contribution in [-0.2, 0) is 15.0 Å². The molecule has 19 heteroatoms. The van der Waals surface area contributed by atoms with Crippen molar-refractivity contribution in [3.63, 3.8) is 0 Å². The Labute approximate surface area is 295 Å². The molecule has 0 aromatic heterocycles. The molecule has 170 valence electrons. The van der Waals surface area contributed by atoms with Gasteiger partial charge < -0.3 is 23.8 Å². The molecule has 2 N–H and O–H groups in total. The first kappa shape index (κ1) is 43.8. The Morgan fingerprint density at radius 2 is 1.51 bits per heavy atom. The molecule has 2 aromatic rings. The number of aliphatic imine (C=N–C) groups is 1. The maximum atomic E-state index is 10.5. The summed E-state index contributed by atoms with van der Waals surface area (Å²) in [5.41, 5.74) is 1.58. The van der Waals surface area contributed by atoms with Crippen molar-refractivity contribution in [2.45, 2.75) is 0 Å². The van der Waals surface area contributed by atoms with Crippen molar-refractivity contribution in [1.29, 1.82) is 0 Å². The number of benzene rings is 2. The van der Waals surface area contributed by atoms with Crippen molar-refractivity contribution in [1.82, 2.24) is 5.06 Å². The Morgan fingerprint density at radius 1 is 1.06 bits per heavy atom. The van der Waals surface area contributed by atoms with Crippen LogP contribution in [0.15, 0.2) is 58.5 Å². The van der Waals surface area contributed by atoms with Gasteiger partial charge in [-0.05, 0) is 18.2 Å². The van der Waals surface area contributed by atoms with Gasteiger partial charge in [-0.15, -0.1) is 0 Å². The van der Waals surface area contributed by atoms with Crippen LogP contribution >= 0.6 is 19.4 Å². The number of hydrogen-bond acceptors (Lipinski definition) is 10. The number of hydroxylamine groups is 2. The zero-order valence-corrected chi connectivity index (χ0v) is 30.1. The maximum absolute atomic E-state index is 10.5. The van der Waals surface area contributed by atoms with E-state index in [2.05, 4.69) is 9.98 Å². The molecule has 0 unspecified atom stereocenters. The number of halogens is 1. The third-order valence-electron chi connectivity index (χ3n) is 3.32. The first-order valence-corrected chi connectivity index (χ1v) is 11.2. The van der Waals surface area contributed by atoms with Crippen molar-refractivity contribution in [3.8, 4) is 0 Å². The van der Waals surface area contributed by atoms with Crippen molar-refractivity contribution >= 4 is 41.4 Å². The van der Waals surface area contributed by atoms with Gasteiger partial charge in [-0.3, -0.25) is 14.8 Å². The zero-order chi connectivity index (χ0) is 23.8. The molecule has 0 saturated heterocycles. The molecule has 35 heavy (non-hydrogen) atoms. The zero-order valence-electron chi connectivity index (χ0n) is 19.7. The van der Waals surface area contributed by atoms with Gasteiger partial charge in [0, 0.05) is 22.9 Å². The van der Waals surface area contributed by atoms with E-state index in [0.717, 1.165) is 16.1 Å². The van der Waals surface area contributed by atoms with Crippen molar-refractivity contribution in [2.24, 2.45) is 9.98 Å². The normalized spacial score (nSPS) is 13.2. The second kappa shape index (κ2) is 20.7. The molecule has 2 aromatic carbocycles. The Bertz CT molecular complexity index is 1200. The fourth-order valence-corrected chi connectivity index (χ4v) is 2.52. The Morgan fingerprint density at radius 3 is 1.94 bits per heavy atom. The molecule has 12 nitrogen and oxygen atoms in total. The molecule has 0 bridgehead atoms. The Hall–Kier alpha value is 1.81. The van der Waals surface area contributed by atoms with Gasteiger partial charge in [0.1, 0.15) is 12.4 Å². The fraction of sp³-hybridized carbons (Fsp3) is 0.125. The summed E-state index contributed by atoms with van der Waals surface area (Å²) in [6.07, 6.45) is 0. The standard InChI is InChI=1S/C16H14ClN3O.4Na.H3O4P.H2O4S/c1-18-15-10-20(21)16(11-5-3-2-4-6-11)13-9-12(17)7-8-14(13)19-15;;;;;2*1-5(2,3)4/h2-9,21H,10H2,1H3;;;;;(H3,1,2,3,4);(H2,1,2,3,4)/q;4*+1;;/p-4. The first-order valence-electron chi connectivity index (χ1n) is 7.96. The molecule has 3 rings (SSSR count). The van der Waals surface area contributed by atoms with Crippen LogP contribution in [0.2, 0.25) is 5.02 Å². The summed E-state index contributed by atoms with van der Waals surface area (Å²) in [4.78, 5) is 34.2. The van der Waals surface area contributed by atoms with E-state index in [9.17, 15) is 5.21 Å². The van der Waals surface area contributed by atoms with E-state index in [4.69, 9.17) is 48.4 Å². The average Bonchev–Trinajstić information content (AvgIpc) is 2.75. The third-order valence-corrected chi connectivity index (χ3v) is 3.55. The van der Waals surface area contributed by atoms with Gasteiger partial charge in [0.15, 0.2) is 0 Å². The van der Waals surface area contributed by atoms with Crippen molar-refractivity contribution in [3.05, 3.63) is 69.7 Å². The van der Waals surface area contributed by atoms with E-state index < -0.39 is 18.2 Å². The molecule has 1 aliphatic heterocycles. The number of rotatable bonds is 1. The quantitative estimate of drug-likeness (QED) is 0.140. The van der Waals surface area contributed by atoms with E-state index in [1.807, 2.05) is 42.5 Å². The summed E-state index contributed by atoms with van der Waals surface area (Å²) >= 11 is 6.12. The molecule has 0 fully saturated rings. The molecule has 0 spiro atoms. The molecule has 0 aliphatic carbocycles. The number of nitrogens with zero attached hydrogens (tertiary/aromatic N) is 3. The van der Waals surface area contributed by atoms with Crippen LogP contribution in [0.3, 0.4) is 0 Å². The number of phosphoric acid groups is 1. The molecule has 0 atom stereocenters. The van der Waals surface area contributed by atoms with Crippen LogP contribution in [0.5, 0.6) is 0 Å². The summed E-state index contributed by atoms with van der Waals surface area (Å²) in [5, 5.41) is 13.8. The van der Waals surface area contributed by atoms with E-state index >= 15 is 0 Å². The number of fused-ring (bicyclic) bond motifs is 1. The smallest absolute Gasteiger partial charge is 0.822 e.